The van der Waals surface area contributed by atoms with Crippen molar-refractivity contribution in [3.63, 3.8) is 0 Å². The van der Waals surface area contributed by atoms with Crippen LogP contribution in [-0.4, -0.2) is 38.3 Å². The molecule has 7 heteroatoms. The van der Waals surface area contributed by atoms with Gasteiger partial charge in [-0.25, -0.2) is 12.7 Å². The fraction of sp³-hybridized carbons (Fsp3) is 0.455. The summed E-state index contributed by atoms with van der Waals surface area (Å²) >= 11 is 13.2. The molecule has 18 heavy (non-hydrogen) atoms. The normalized spacial score (nSPS) is 12.1. The van der Waals surface area contributed by atoms with Gasteiger partial charge in [-0.05, 0) is 30.0 Å². The van der Waals surface area contributed by atoms with E-state index in [0.717, 1.165) is 5.75 Å². The molecule has 0 N–H and O–H groups in total. The molecule has 0 saturated heterocycles. The third-order valence-electron chi connectivity index (χ3n) is 2.48. The molecule has 102 valence electrons. The number of thioether (sulfide) groups is 1. The van der Waals surface area contributed by atoms with Crippen LogP contribution in [-0.2, 0) is 15.9 Å². The van der Waals surface area contributed by atoms with Crippen molar-refractivity contribution in [2.24, 2.45) is 0 Å². The Morgan fingerprint density at radius 2 is 2.06 bits per heavy atom. The number of sulfonamides is 1. The number of nitrogens with zero attached hydrogens (tertiary/aromatic N) is 1. The van der Waals surface area contributed by atoms with Crippen LogP contribution in [0.3, 0.4) is 0 Å². The predicted molar refractivity (Wildman–Crippen MR) is 79.2 cm³/mol. The van der Waals surface area contributed by atoms with Gasteiger partial charge in [-0.3, -0.25) is 0 Å². The summed E-state index contributed by atoms with van der Waals surface area (Å²) in [5.41, 5.74) is 0.623. The number of rotatable bonds is 6. The third-order valence-corrected chi connectivity index (χ3v) is 5.58. The van der Waals surface area contributed by atoms with Crippen LogP contribution >= 0.6 is 35.0 Å². The molecule has 0 bridgehead atoms. The smallest absolute Gasteiger partial charge is 0.207 e. The van der Waals surface area contributed by atoms with Gasteiger partial charge in [0.15, 0.2) is 0 Å². The molecule has 0 unspecified atom stereocenters. The summed E-state index contributed by atoms with van der Waals surface area (Å²) in [6.07, 6.45) is 1.94. The first-order valence-corrected chi connectivity index (χ1v) is 8.97. The zero-order valence-electron chi connectivity index (χ0n) is 10.2. The van der Waals surface area contributed by atoms with Gasteiger partial charge in [0.05, 0.1) is 4.90 Å². The lowest BCUT2D eigenvalue weighted by atomic mass is 10.2. The van der Waals surface area contributed by atoms with E-state index in [-0.39, 0.29) is 10.8 Å². The Bertz CT molecular complexity index is 506. The van der Waals surface area contributed by atoms with Crippen LogP contribution in [0, 0.1) is 0 Å². The zero-order chi connectivity index (χ0) is 13.8. The number of halogens is 2. The molecule has 0 aliphatic rings. The van der Waals surface area contributed by atoms with Gasteiger partial charge in [0.2, 0.25) is 10.0 Å². The summed E-state index contributed by atoms with van der Waals surface area (Å²) in [7, 11) is -1.89. The molecule has 1 aromatic carbocycles. The molecular formula is C11H15Cl2NO2S2. The molecule has 0 fully saturated rings. The van der Waals surface area contributed by atoms with Gasteiger partial charge >= 0.3 is 0 Å². The highest BCUT2D eigenvalue weighted by molar-refractivity contribution is 7.98. The van der Waals surface area contributed by atoms with Crippen molar-refractivity contribution in [2.75, 3.05) is 25.6 Å². The second-order valence-corrected chi connectivity index (χ2v) is 7.41. The van der Waals surface area contributed by atoms with E-state index < -0.39 is 10.0 Å². The zero-order valence-corrected chi connectivity index (χ0v) is 13.3. The summed E-state index contributed by atoms with van der Waals surface area (Å²) < 4.78 is 25.8. The minimum atomic E-state index is -3.46. The molecule has 0 aliphatic carbocycles. The maximum absolute atomic E-state index is 12.2. The van der Waals surface area contributed by atoms with Crippen molar-refractivity contribution in [2.45, 2.75) is 10.8 Å². The first kappa shape index (κ1) is 16.1. The van der Waals surface area contributed by atoms with Crippen LogP contribution in [0.15, 0.2) is 23.1 Å². The van der Waals surface area contributed by atoms with Crippen LogP contribution in [0.5, 0.6) is 0 Å². The lowest BCUT2D eigenvalue weighted by Gasteiger charge is -2.17. The van der Waals surface area contributed by atoms with E-state index in [2.05, 4.69) is 0 Å². The summed E-state index contributed by atoms with van der Waals surface area (Å²) in [6, 6.07) is 4.60. The van der Waals surface area contributed by atoms with Gasteiger partial charge in [0.1, 0.15) is 0 Å². The highest BCUT2D eigenvalue weighted by Crippen LogP contribution is 2.23. The standard InChI is InChI=1S/C11H15Cl2NO2S2/c1-14(5-6-17-2)18(15,16)10-3-4-11(13)9(7-10)8-12/h3-4,7H,5-6,8H2,1-2H3. The first-order chi connectivity index (χ1) is 8.43. The van der Waals surface area contributed by atoms with Crippen molar-refractivity contribution in [1.82, 2.24) is 4.31 Å². The molecule has 1 rings (SSSR count). The molecule has 0 spiro atoms. The van der Waals surface area contributed by atoms with Crippen molar-refractivity contribution in [3.8, 4) is 0 Å². The van der Waals surface area contributed by atoms with E-state index in [9.17, 15) is 8.42 Å². The van der Waals surface area contributed by atoms with E-state index in [0.29, 0.717) is 17.1 Å². The molecule has 0 saturated carbocycles. The summed E-state index contributed by atoms with van der Waals surface area (Å²) in [5.74, 6) is 0.947. The Hall–Kier alpha value is 0.0600. The molecule has 0 amide bonds. The Kier molecular flexibility index (Phi) is 6.27. The van der Waals surface area contributed by atoms with E-state index >= 15 is 0 Å². The summed E-state index contributed by atoms with van der Waals surface area (Å²) in [6.45, 7) is 0.475. The molecule has 3 nitrogen and oxygen atoms in total. The van der Waals surface area contributed by atoms with Crippen LogP contribution in [0.4, 0.5) is 0 Å². The lowest BCUT2D eigenvalue weighted by Crippen LogP contribution is -2.29. The quantitative estimate of drug-likeness (QED) is 0.753. The average Bonchev–Trinajstić information content (AvgIpc) is 2.36. The van der Waals surface area contributed by atoms with E-state index in [1.54, 1.807) is 24.9 Å². The molecule has 0 heterocycles. The van der Waals surface area contributed by atoms with Gasteiger partial charge in [0, 0.05) is 30.2 Å². The topological polar surface area (TPSA) is 37.4 Å². The maximum atomic E-state index is 12.2. The van der Waals surface area contributed by atoms with Crippen LogP contribution in [0.25, 0.3) is 0 Å². The second kappa shape index (κ2) is 7.01. The summed E-state index contributed by atoms with van der Waals surface area (Å²) in [5, 5.41) is 0.482. The van der Waals surface area contributed by atoms with Crippen molar-refractivity contribution in [3.05, 3.63) is 28.8 Å². The number of hydrogen-bond acceptors (Lipinski definition) is 3. The summed E-state index contributed by atoms with van der Waals surface area (Å²) in [4.78, 5) is 0.228. The first-order valence-electron chi connectivity index (χ1n) is 5.23. The fourth-order valence-corrected chi connectivity index (χ4v) is 3.60. The fourth-order valence-electron chi connectivity index (χ4n) is 1.33. The Morgan fingerprint density at radius 3 is 2.61 bits per heavy atom. The highest BCUT2D eigenvalue weighted by Gasteiger charge is 2.21. The van der Waals surface area contributed by atoms with Gasteiger partial charge in [-0.15, -0.1) is 11.6 Å². The van der Waals surface area contributed by atoms with Crippen molar-refractivity contribution < 1.29 is 8.42 Å². The van der Waals surface area contributed by atoms with Crippen molar-refractivity contribution >= 4 is 45.0 Å². The monoisotopic (exact) mass is 327 g/mol. The largest absolute Gasteiger partial charge is 0.242 e. The minimum Gasteiger partial charge on any atom is -0.207 e. The second-order valence-electron chi connectivity index (χ2n) is 3.71. The molecule has 0 aromatic heterocycles. The maximum Gasteiger partial charge on any atom is 0.242 e. The molecule has 0 aliphatic heterocycles. The molecule has 0 radical (unpaired) electrons. The molecule has 1 aromatic rings. The average molecular weight is 328 g/mol. The van der Waals surface area contributed by atoms with Crippen molar-refractivity contribution in [1.29, 1.82) is 0 Å². The van der Waals surface area contributed by atoms with E-state index in [1.807, 2.05) is 6.26 Å². The number of benzene rings is 1. The Balaban J connectivity index is 3.05. The highest BCUT2D eigenvalue weighted by atomic mass is 35.5. The van der Waals surface area contributed by atoms with Gasteiger partial charge < -0.3 is 0 Å². The minimum absolute atomic E-state index is 0.191. The molecular weight excluding hydrogens is 313 g/mol. The van der Waals surface area contributed by atoms with Gasteiger partial charge in [-0.1, -0.05) is 11.6 Å². The Morgan fingerprint density at radius 1 is 1.39 bits per heavy atom. The van der Waals surface area contributed by atoms with Gasteiger partial charge in [0.25, 0.3) is 0 Å². The Labute approximate surface area is 123 Å². The molecule has 0 atom stereocenters. The van der Waals surface area contributed by atoms with Gasteiger partial charge in [-0.2, -0.15) is 11.8 Å². The SMILES string of the molecule is CSCCN(C)S(=O)(=O)c1ccc(Cl)c(CCl)c1. The number of hydrogen-bond donors (Lipinski definition) is 0. The third kappa shape index (κ3) is 3.78. The lowest BCUT2D eigenvalue weighted by molar-refractivity contribution is 0.488. The van der Waals surface area contributed by atoms with Crippen LogP contribution in [0.1, 0.15) is 5.56 Å². The van der Waals surface area contributed by atoms with E-state index in [1.165, 1.54) is 16.4 Å². The van der Waals surface area contributed by atoms with Crippen LogP contribution in [0.2, 0.25) is 5.02 Å². The van der Waals surface area contributed by atoms with E-state index in [4.69, 9.17) is 23.2 Å². The predicted octanol–water partition coefficient (Wildman–Crippen LogP) is 3.06. The van der Waals surface area contributed by atoms with Crippen LogP contribution < -0.4 is 0 Å². The number of alkyl halides is 1.